The van der Waals surface area contributed by atoms with Crippen LogP contribution in [0.25, 0.3) is 17.1 Å². The van der Waals surface area contributed by atoms with Gasteiger partial charge in [0.2, 0.25) is 0 Å². The van der Waals surface area contributed by atoms with Gasteiger partial charge in [0.05, 0.1) is 21.3 Å². The normalized spacial score (nSPS) is 10.8. The van der Waals surface area contributed by atoms with Crippen LogP contribution in [-0.4, -0.2) is 25.0 Å². The number of aromatic hydroxyl groups is 2. The van der Waals surface area contributed by atoms with Crippen molar-refractivity contribution in [3.63, 3.8) is 0 Å². The van der Waals surface area contributed by atoms with Gasteiger partial charge in [-0.25, -0.2) is 0 Å². The quantitative estimate of drug-likeness (QED) is 0.600. The van der Waals surface area contributed by atoms with E-state index in [1.54, 1.807) is 22.8 Å². The second kappa shape index (κ2) is 5.64. The van der Waals surface area contributed by atoms with Crippen LogP contribution in [0.2, 0.25) is 10.0 Å². The maximum atomic E-state index is 10.0. The molecule has 112 valence electrons. The summed E-state index contributed by atoms with van der Waals surface area (Å²) in [4.78, 5) is 0. The van der Waals surface area contributed by atoms with Crippen molar-refractivity contribution >= 4 is 35.4 Å². The molecule has 1 aromatic heterocycles. The number of hydrogen-bond donors (Lipinski definition) is 3. The number of H-pyrrole nitrogens is 1. The fourth-order valence-electron chi connectivity index (χ4n) is 2.08. The van der Waals surface area contributed by atoms with Crippen LogP contribution < -0.4 is 0 Å². The number of hydrogen-bond acceptors (Lipinski definition) is 4. The van der Waals surface area contributed by atoms with Crippen LogP contribution in [0.15, 0.2) is 36.4 Å². The number of aromatic amines is 1. The zero-order valence-corrected chi connectivity index (χ0v) is 13.2. The zero-order valence-electron chi connectivity index (χ0n) is 10.9. The van der Waals surface area contributed by atoms with Gasteiger partial charge in [-0.3, -0.25) is 9.67 Å². The van der Waals surface area contributed by atoms with Gasteiger partial charge >= 0.3 is 0 Å². The monoisotopic (exact) mass is 353 g/mol. The number of aromatic nitrogens is 3. The summed E-state index contributed by atoms with van der Waals surface area (Å²) in [5.41, 5.74) is 0.927. The molecule has 0 aliphatic heterocycles. The number of benzene rings is 2. The lowest BCUT2D eigenvalue weighted by molar-refractivity contribution is 0.451. The fraction of sp³-hybridized carbons (Fsp3) is 0. The second-order valence-corrected chi connectivity index (χ2v) is 5.63. The molecule has 3 N–H and O–H groups in total. The van der Waals surface area contributed by atoms with Crippen LogP contribution in [0, 0.1) is 4.77 Å². The predicted molar refractivity (Wildman–Crippen MR) is 87.5 cm³/mol. The van der Waals surface area contributed by atoms with E-state index in [1.807, 2.05) is 0 Å². The first kappa shape index (κ1) is 14.9. The van der Waals surface area contributed by atoms with Crippen molar-refractivity contribution in [3.8, 4) is 28.6 Å². The lowest BCUT2D eigenvalue weighted by atomic mass is 10.1. The molecule has 0 amide bonds. The molecular weight excluding hydrogens is 345 g/mol. The van der Waals surface area contributed by atoms with Gasteiger partial charge in [-0.15, -0.1) is 0 Å². The molecule has 22 heavy (non-hydrogen) atoms. The molecule has 0 atom stereocenters. The third kappa shape index (κ3) is 2.45. The van der Waals surface area contributed by atoms with E-state index < -0.39 is 0 Å². The zero-order chi connectivity index (χ0) is 15.9. The molecule has 0 saturated carbocycles. The Morgan fingerprint density at radius 3 is 2.64 bits per heavy atom. The van der Waals surface area contributed by atoms with Crippen molar-refractivity contribution < 1.29 is 10.2 Å². The van der Waals surface area contributed by atoms with Crippen molar-refractivity contribution in [3.05, 3.63) is 51.2 Å². The van der Waals surface area contributed by atoms with E-state index in [1.165, 1.54) is 18.2 Å². The van der Waals surface area contributed by atoms with Crippen LogP contribution in [0.1, 0.15) is 0 Å². The molecule has 0 fully saturated rings. The van der Waals surface area contributed by atoms with E-state index in [0.717, 1.165) is 0 Å². The van der Waals surface area contributed by atoms with Gasteiger partial charge in [-0.2, -0.15) is 5.10 Å². The maximum absolute atomic E-state index is 10.0. The highest BCUT2D eigenvalue weighted by molar-refractivity contribution is 7.71. The lowest BCUT2D eigenvalue weighted by Gasteiger charge is -2.10. The van der Waals surface area contributed by atoms with Crippen molar-refractivity contribution in [1.82, 2.24) is 14.8 Å². The molecule has 0 aliphatic carbocycles. The largest absolute Gasteiger partial charge is 0.508 e. The number of halogens is 2. The van der Waals surface area contributed by atoms with Crippen molar-refractivity contribution in [2.75, 3.05) is 0 Å². The Labute approximate surface area is 140 Å². The van der Waals surface area contributed by atoms with E-state index in [4.69, 9.17) is 35.4 Å². The van der Waals surface area contributed by atoms with Crippen LogP contribution in [0.3, 0.4) is 0 Å². The molecule has 3 aromatic rings. The third-order valence-corrected chi connectivity index (χ3v) is 4.15. The molecule has 0 unspecified atom stereocenters. The summed E-state index contributed by atoms with van der Waals surface area (Å²) in [7, 11) is 0. The molecular formula is C14H9Cl2N3O2S. The first-order valence-corrected chi connectivity index (χ1v) is 7.29. The molecule has 8 heteroatoms. The van der Waals surface area contributed by atoms with E-state index in [0.29, 0.717) is 31.9 Å². The SMILES string of the molecule is Oc1ccc(-c2n[nH]c(=S)n2-c2cccc(Cl)c2Cl)c(O)c1. The summed E-state index contributed by atoms with van der Waals surface area (Å²) in [6, 6.07) is 9.33. The highest BCUT2D eigenvalue weighted by Gasteiger charge is 2.17. The van der Waals surface area contributed by atoms with Gasteiger partial charge in [-0.1, -0.05) is 29.3 Å². The second-order valence-electron chi connectivity index (χ2n) is 4.46. The van der Waals surface area contributed by atoms with Crippen molar-refractivity contribution in [2.45, 2.75) is 0 Å². The summed E-state index contributed by atoms with van der Waals surface area (Å²) in [5, 5.41) is 26.9. The summed E-state index contributed by atoms with van der Waals surface area (Å²) >= 11 is 17.5. The first-order chi connectivity index (χ1) is 10.5. The summed E-state index contributed by atoms with van der Waals surface area (Å²) < 4.78 is 1.86. The maximum Gasteiger partial charge on any atom is 0.200 e. The highest BCUT2D eigenvalue weighted by atomic mass is 35.5. The van der Waals surface area contributed by atoms with Crippen molar-refractivity contribution in [1.29, 1.82) is 0 Å². The Hall–Kier alpha value is -2.02. The summed E-state index contributed by atoms with van der Waals surface area (Å²) in [6.07, 6.45) is 0. The minimum Gasteiger partial charge on any atom is -0.508 e. The highest BCUT2D eigenvalue weighted by Crippen LogP contribution is 2.35. The molecule has 0 bridgehead atoms. The average Bonchev–Trinajstić information content (AvgIpc) is 2.84. The van der Waals surface area contributed by atoms with Crippen LogP contribution in [0.5, 0.6) is 11.5 Å². The number of nitrogens with zero attached hydrogens (tertiary/aromatic N) is 2. The van der Waals surface area contributed by atoms with Gasteiger partial charge in [0.15, 0.2) is 10.6 Å². The Bertz CT molecular complexity index is 921. The van der Waals surface area contributed by atoms with E-state index in [9.17, 15) is 10.2 Å². The number of phenolic OH excluding ortho intramolecular Hbond substituents is 2. The Kier molecular flexibility index (Phi) is 3.82. The third-order valence-electron chi connectivity index (χ3n) is 3.07. The predicted octanol–water partition coefficient (Wildman–Crippen LogP) is 4.31. The van der Waals surface area contributed by atoms with Crippen LogP contribution in [-0.2, 0) is 0 Å². The number of nitrogens with one attached hydrogen (secondary N) is 1. The molecule has 2 aromatic carbocycles. The summed E-state index contributed by atoms with van der Waals surface area (Å²) in [5.74, 6) is 0.169. The molecule has 1 heterocycles. The lowest BCUT2D eigenvalue weighted by Crippen LogP contribution is -1.99. The Balaban J connectivity index is 2.29. The smallest absolute Gasteiger partial charge is 0.200 e. The average molecular weight is 354 g/mol. The minimum absolute atomic E-state index is 0.0530. The van der Waals surface area contributed by atoms with E-state index in [2.05, 4.69) is 10.2 Å². The molecule has 5 nitrogen and oxygen atoms in total. The number of phenols is 2. The van der Waals surface area contributed by atoms with Crippen LogP contribution >= 0.6 is 35.4 Å². The molecule has 0 aliphatic rings. The molecule has 0 spiro atoms. The first-order valence-electron chi connectivity index (χ1n) is 6.13. The minimum atomic E-state index is -0.131. The van der Waals surface area contributed by atoms with Gasteiger partial charge in [0, 0.05) is 6.07 Å². The summed E-state index contributed by atoms with van der Waals surface area (Å²) in [6.45, 7) is 0. The van der Waals surface area contributed by atoms with Gasteiger partial charge in [0.25, 0.3) is 0 Å². The standard InChI is InChI=1S/C14H9Cl2N3O2S/c15-9-2-1-3-10(12(9)16)19-13(17-18-14(19)22)8-5-4-7(20)6-11(8)21/h1-6,20-21H,(H,18,22). The molecule has 0 saturated heterocycles. The van der Waals surface area contributed by atoms with E-state index >= 15 is 0 Å². The van der Waals surface area contributed by atoms with E-state index in [-0.39, 0.29) is 11.5 Å². The number of rotatable bonds is 2. The van der Waals surface area contributed by atoms with Gasteiger partial charge in [0.1, 0.15) is 11.5 Å². The van der Waals surface area contributed by atoms with Crippen molar-refractivity contribution in [2.24, 2.45) is 0 Å². The van der Waals surface area contributed by atoms with Crippen LogP contribution in [0.4, 0.5) is 0 Å². The fourth-order valence-corrected chi connectivity index (χ4v) is 2.69. The molecule has 3 rings (SSSR count). The van der Waals surface area contributed by atoms with Gasteiger partial charge < -0.3 is 10.2 Å². The Morgan fingerprint density at radius 1 is 1.14 bits per heavy atom. The Morgan fingerprint density at radius 2 is 1.91 bits per heavy atom. The molecule has 0 radical (unpaired) electrons. The van der Waals surface area contributed by atoms with Gasteiger partial charge in [-0.05, 0) is 36.5 Å². The topological polar surface area (TPSA) is 74.1 Å².